The summed E-state index contributed by atoms with van der Waals surface area (Å²) in [6, 6.07) is 1.97. The Hall–Kier alpha value is -1.17. The van der Waals surface area contributed by atoms with Gasteiger partial charge < -0.3 is 9.47 Å². The molecule has 0 radical (unpaired) electrons. The maximum absolute atomic E-state index is 13.5. The summed E-state index contributed by atoms with van der Waals surface area (Å²) in [5, 5.41) is -0.910. The van der Waals surface area contributed by atoms with Crippen molar-refractivity contribution < 1.29 is 23.0 Å². The second-order valence-electron chi connectivity index (χ2n) is 3.23. The fourth-order valence-corrected chi connectivity index (χ4v) is 2.00. The highest BCUT2D eigenvalue weighted by Crippen LogP contribution is 2.44. The number of benzene rings is 1. The molecule has 2 rings (SSSR count). The first-order valence-corrected chi connectivity index (χ1v) is 5.32. The molecule has 0 aromatic heterocycles. The molecule has 2 atom stereocenters. The van der Waals surface area contributed by atoms with Gasteiger partial charge in [-0.1, -0.05) is 0 Å². The summed E-state index contributed by atoms with van der Waals surface area (Å²) < 4.78 is 36.3. The number of hydrogen-bond donors (Lipinski definition) is 0. The van der Waals surface area contributed by atoms with E-state index in [1.54, 1.807) is 0 Å². The highest BCUT2D eigenvalue weighted by Gasteiger charge is 2.36. The standard InChI is InChI=1S/C10H7BrF2O3/c1-15-10(14)6-3-4(12)2-5-7(13)9(11)16-8(5)6/h2-3,7,9H,1H3. The molecule has 0 N–H and O–H groups in total. The number of rotatable bonds is 1. The molecule has 0 amide bonds. The highest BCUT2D eigenvalue weighted by molar-refractivity contribution is 9.09. The molecule has 1 aliphatic rings. The van der Waals surface area contributed by atoms with Gasteiger partial charge >= 0.3 is 5.97 Å². The number of carbonyl (C=O) groups is 1. The Balaban J connectivity index is 2.57. The summed E-state index contributed by atoms with van der Waals surface area (Å²) >= 11 is 2.94. The van der Waals surface area contributed by atoms with Gasteiger partial charge in [0.2, 0.25) is 0 Å². The van der Waals surface area contributed by atoms with Crippen LogP contribution in [0.25, 0.3) is 0 Å². The summed E-state index contributed by atoms with van der Waals surface area (Å²) in [7, 11) is 1.16. The zero-order chi connectivity index (χ0) is 11.9. The third-order valence-corrected chi connectivity index (χ3v) is 2.90. The molecule has 86 valence electrons. The molecule has 0 saturated carbocycles. The van der Waals surface area contributed by atoms with E-state index in [-0.39, 0.29) is 16.9 Å². The Kier molecular flexibility index (Phi) is 2.84. The van der Waals surface area contributed by atoms with Crippen LogP contribution in [-0.4, -0.2) is 18.1 Å². The maximum Gasteiger partial charge on any atom is 0.341 e. The van der Waals surface area contributed by atoms with Crippen LogP contribution < -0.4 is 4.74 Å². The van der Waals surface area contributed by atoms with E-state index in [9.17, 15) is 13.6 Å². The minimum Gasteiger partial charge on any atom is -0.474 e. The molecule has 16 heavy (non-hydrogen) atoms. The van der Waals surface area contributed by atoms with Gasteiger partial charge in [0, 0.05) is 5.56 Å². The molecular formula is C10H7BrF2O3. The van der Waals surface area contributed by atoms with E-state index < -0.39 is 23.0 Å². The van der Waals surface area contributed by atoms with E-state index in [1.165, 1.54) is 0 Å². The molecule has 0 saturated heterocycles. The summed E-state index contributed by atoms with van der Waals surface area (Å²) in [5.41, 5.74) is -0.0932. The van der Waals surface area contributed by atoms with Gasteiger partial charge in [0.1, 0.15) is 17.1 Å². The lowest BCUT2D eigenvalue weighted by molar-refractivity contribution is 0.0595. The van der Waals surface area contributed by atoms with Gasteiger partial charge in [0.25, 0.3) is 0 Å². The van der Waals surface area contributed by atoms with E-state index in [0.29, 0.717) is 0 Å². The van der Waals surface area contributed by atoms with Gasteiger partial charge in [0.05, 0.1) is 7.11 Å². The number of esters is 1. The van der Waals surface area contributed by atoms with Crippen LogP contribution in [0.2, 0.25) is 0 Å². The van der Waals surface area contributed by atoms with E-state index >= 15 is 0 Å². The molecule has 1 aliphatic heterocycles. The number of alkyl halides is 2. The Bertz CT molecular complexity index is 450. The smallest absolute Gasteiger partial charge is 0.341 e. The van der Waals surface area contributed by atoms with Crippen molar-refractivity contribution in [3.8, 4) is 5.75 Å². The largest absolute Gasteiger partial charge is 0.474 e. The minimum atomic E-state index is -1.51. The predicted molar refractivity (Wildman–Crippen MR) is 54.9 cm³/mol. The van der Waals surface area contributed by atoms with Crippen molar-refractivity contribution in [2.24, 2.45) is 0 Å². The first-order valence-electron chi connectivity index (χ1n) is 4.41. The summed E-state index contributed by atoms with van der Waals surface area (Å²) in [5.74, 6) is -1.43. The van der Waals surface area contributed by atoms with Crippen LogP contribution in [0, 0.1) is 5.82 Å². The van der Waals surface area contributed by atoms with E-state index in [1.807, 2.05) is 0 Å². The van der Waals surface area contributed by atoms with E-state index in [2.05, 4.69) is 20.7 Å². The van der Waals surface area contributed by atoms with Crippen molar-refractivity contribution in [3.63, 3.8) is 0 Å². The van der Waals surface area contributed by atoms with Crippen molar-refractivity contribution in [1.29, 1.82) is 0 Å². The Morgan fingerprint density at radius 1 is 1.56 bits per heavy atom. The van der Waals surface area contributed by atoms with Crippen molar-refractivity contribution in [2.45, 2.75) is 11.2 Å². The van der Waals surface area contributed by atoms with E-state index in [0.717, 1.165) is 19.2 Å². The van der Waals surface area contributed by atoms with Crippen LogP contribution in [0.5, 0.6) is 5.75 Å². The van der Waals surface area contributed by atoms with Crippen LogP contribution in [-0.2, 0) is 4.74 Å². The van der Waals surface area contributed by atoms with Crippen molar-refractivity contribution in [3.05, 3.63) is 29.1 Å². The topological polar surface area (TPSA) is 35.5 Å². The molecule has 2 unspecified atom stereocenters. The Morgan fingerprint density at radius 3 is 2.88 bits per heavy atom. The van der Waals surface area contributed by atoms with Crippen LogP contribution in [0.4, 0.5) is 8.78 Å². The average molecular weight is 293 g/mol. The molecule has 1 heterocycles. The van der Waals surface area contributed by atoms with Crippen LogP contribution in [0.15, 0.2) is 12.1 Å². The van der Waals surface area contributed by atoms with Gasteiger partial charge in [0.15, 0.2) is 11.2 Å². The number of carbonyl (C=O) groups excluding carboxylic acids is 1. The fraction of sp³-hybridized carbons (Fsp3) is 0.300. The van der Waals surface area contributed by atoms with Gasteiger partial charge in [-0.05, 0) is 28.1 Å². The highest BCUT2D eigenvalue weighted by atomic mass is 79.9. The van der Waals surface area contributed by atoms with Gasteiger partial charge in [-0.2, -0.15) is 0 Å². The number of hydrogen-bond acceptors (Lipinski definition) is 3. The molecule has 3 nitrogen and oxygen atoms in total. The lowest BCUT2D eigenvalue weighted by atomic mass is 10.1. The molecule has 0 fully saturated rings. The zero-order valence-corrected chi connectivity index (χ0v) is 9.75. The van der Waals surface area contributed by atoms with Gasteiger partial charge in [-0.25, -0.2) is 13.6 Å². The SMILES string of the molecule is COC(=O)c1cc(F)cc2c1OC(Br)C2F. The average Bonchev–Trinajstić information content (AvgIpc) is 2.54. The molecule has 0 aliphatic carbocycles. The number of methoxy groups -OCH3 is 1. The lowest BCUT2D eigenvalue weighted by Gasteiger charge is -2.06. The first kappa shape index (κ1) is 11.3. The van der Waals surface area contributed by atoms with E-state index in [4.69, 9.17) is 4.74 Å². The Morgan fingerprint density at radius 2 is 2.25 bits per heavy atom. The number of halogens is 3. The van der Waals surface area contributed by atoms with Crippen LogP contribution >= 0.6 is 15.9 Å². The molecule has 1 aromatic carbocycles. The normalized spacial score (nSPS) is 22.5. The molecular weight excluding hydrogens is 286 g/mol. The van der Waals surface area contributed by atoms with Crippen molar-refractivity contribution in [2.75, 3.05) is 7.11 Å². The Labute approximate surface area is 98.5 Å². The fourth-order valence-electron chi connectivity index (χ4n) is 1.53. The number of fused-ring (bicyclic) bond motifs is 1. The summed E-state index contributed by atoms with van der Waals surface area (Å²) in [4.78, 5) is 11.3. The second-order valence-corrected chi connectivity index (χ2v) is 4.14. The molecule has 0 spiro atoms. The van der Waals surface area contributed by atoms with Crippen molar-refractivity contribution in [1.82, 2.24) is 0 Å². The molecule has 0 bridgehead atoms. The predicted octanol–water partition coefficient (Wildman–Crippen LogP) is 2.74. The monoisotopic (exact) mass is 292 g/mol. The van der Waals surface area contributed by atoms with Gasteiger partial charge in [-0.3, -0.25) is 0 Å². The zero-order valence-electron chi connectivity index (χ0n) is 8.17. The van der Waals surface area contributed by atoms with Gasteiger partial charge in [-0.15, -0.1) is 0 Å². The lowest BCUT2D eigenvalue weighted by Crippen LogP contribution is -2.07. The van der Waals surface area contributed by atoms with Crippen LogP contribution in [0.1, 0.15) is 22.1 Å². The third-order valence-electron chi connectivity index (χ3n) is 2.25. The van der Waals surface area contributed by atoms with Crippen LogP contribution in [0.3, 0.4) is 0 Å². The molecule has 1 aromatic rings. The minimum absolute atomic E-state index is 0.0160. The molecule has 6 heteroatoms. The van der Waals surface area contributed by atoms with Crippen molar-refractivity contribution >= 4 is 21.9 Å². The first-order chi connectivity index (χ1) is 7.54. The summed E-state index contributed by atoms with van der Waals surface area (Å²) in [6.07, 6.45) is -1.51. The quantitative estimate of drug-likeness (QED) is 0.590. The third kappa shape index (κ3) is 1.67. The second kappa shape index (κ2) is 4.01. The summed E-state index contributed by atoms with van der Waals surface area (Å²) in [6.45, 7) is 0. The maximum atomic E-state index is 13.5. The number of ether oxygens (including phenoxy) is 2.